The standard InChI is InChI=1S/C23H30BrN3O4S/c1-17-8-5-6-9-21(17)27(32(4,30)31)15-7-10-22(28)26(18(2)23(29)25-3)16-19-11-13-20(24)14-12-19/h5-6,8-9,11-14,18H,7,10,15-16H2,1-4H3,(H,25,29)/t18-/m1/s1. The van der Waals surface area contributed by atoms with Crippen molar-refractivity contribution in [2.24, 2.45) is 0 Å². The summed E-state index contributed by atoms with van der Waals surface area (Å²) in [5, 5.41) is 2.59. The number of amides is 2. The van der Waals surface area contributed by atoms with Crippen LogP contribution < -0.4 is 9.62 Å². The van der Waals surface area contributed by atoms with Crippen LogP contribution in [0, 0.1) is 6.92 Å². The lowest BCUT2D eigenvalue weighted by Gasteiger charge is -2.29. The summed E-state index contributed by atoms with van der Waals surface area (Å²) < 4.78 is 27.0. The van der Waals surface area contributed by atoms with E-state index in [2.05, 4.69) is 21.2 Å². The lowest BCUT2D eigenvalue weighted by atomic mass is 10.1. The van der Waals surface area contributed by atoms with Gasteiger partial charge in [0, 0.05) is 31.0 Å². The summed E-state index contributed by atoms with van der Waals surface area (Å²) in [4.78, 5) is 26.8. The molecule has 0 aliphatic carbocycles. The van der Waals surface area contributed by atoms with Crippen LogP contribution in [0.3, 0.4) is 0 Å². The summed E-state index contributed by atoms with van der Waals surface area (Å²) in [7, 11) is -1.97. The molecule has 1 N–H and O–H groups in total. The first-order chi connectivity index (χ1) is 15.0. The molecule has 1 atom stereocenters. The monoisotopic (exact) mass is 523 g/mol. The van der Waals surface area contributed by atoms with Crippen LogP contribution in [0.5, 0.6) is 0 Å². The van der Waals surface area contributed by atoms with Crippen LogP contribution in [0.1, 0.15) is 30.9 Å². The Kier molecular flexibility index (Phi) is 9.27. The molecule has 0 heterocycles. The lowest BCUT2D eigenvalue weighted by Crippen LogP contribution is -2.46. The van der Waals surface area contributed by atoms with E-state index >= 15 is 0 Å². The predicted octanol–water partition coefficient (Wildman–Crippen LogP) is 3.47. The molecule has 0 aliphatic rings. The van der Waals surface area contributed by atoms with Gasteiger partial charge in [0.05, 0.1) is 11.9 Å². The lowest BCUT2D eigenvalue weighted by molar-refractivity contribution is -0.140. The van der Waals surface area contributed by atoms with E-state index in [9.17, 15) is 18.0 Å². The number of para-hydroxylation sites is 1. The van der Waals surface area contributed by atoms with Gasteiger partial charge in [-0.1, -0.05) is 46.3 Å². The van der Waals surface area contributed by atoms with E-state index in [1.54, 1.807) is 19.1 Å². The minimum absolute atomic E-state index is 0.121. The van der Waals surface area contributed by atoms with Crippen molar-refractivity contribution in [3.63, 3.8) is 0 Å². The third-order valence-electron chi connectivity index (χ3n) is 5.22. The Labute approximate surface area is 199 Å². The fourth-order valence-electron chi connectivity index (χ4n) is 3.40. The van der Waals surface area contributed by atoms with Crippen molar-refractivity contribution < 1.29 is 18.0 Å². The van der Waals surface area contributed by atoms with Gasteiger partial charge in [-0.15, -0.1) is 0 Å². The van der Waals surface area contributed by atoms with Crippen LogP contribution in [-0.2, 0) is 26.2 Å². The molecule has 2 aromatic carbocycles. The Morgan fingerprint density at radius 3 is 2.28 bits per heavy atom. The zero-order chi connectivity index (χ0) is 23.9. The van der Waals surface area contributed by atoms with Crippen LogP contribution in [0.25, 0.3) is 0 Å². The van der Waals surface area contributed by atoms with Crippen molar-refractivity contribution in [1.29, 1.82) is 0 Å². The summed E-state index contributed by atoms with van der Waals surface area (Å²) in [6.45, 7) is 4.00. The van der Waals surface area contributed by atoms with Crippen molar-refractivity contribution in [3.8, 4) is 0 Å². The molecule has 0 radical (unpaired) electrons. The number of sulfonamides is 1. The molecular formula is C23H30BrN3O4S. The number of nitrogens with zero attached hydrogens (tertiary/aromatic N) is 2. The quantitative estimate of drug-likeness (QED) is 0.516. The maximum Gasteiger partial charge on any atom is 0.242 e. The maximum absolute atomic E-state index is 13.1. The predicted molar refractivity (Wildman–Crippen MR) is 131 cm³/mol. The number of halogens is 1. The number of nitrogens with one attached hydrogen (secondary N) is 1. The van der Waals surface area contributed by atoms with Gasteiger partial charge < -0.3 is 10.2 Å². The smallest absolute Gasteiger partial charge is 0.242 e. The Morgan fingerprint density at radius 2 is 1.72 bits per heavy atom. The van der Waals surface area contributed by atoms with Gasteiger partial charge in [-0.2, -0.15) is 0 Å². The molecule has 0 spiro atoms. The van der Waals surface area contributed by atoms with Crippen LogP contribution >= 0.6 is 15.9 Å². The zero-order valence-corrected chi connectivity index (χ0v) is 21.2. The summed E-state index contributed by atoms with van der Waals surface area (Å²) in [6.07, 6.45) is 1.61. The average Bonchev–Trinajstić information content (AvgIpc) is 2.75. The van der Waals surface area contributed by atoms with E-state index < -0.39 is 16.1 Å². The minimum Gasteiger partial charge on any atom is -0.357 e. The number of hydrogen-bond acceptors (Lipinski definition) is 4. The summed E-state index contributed by atoms with van der Waals surface area (Å²) in [5.41, 5.74) is 2.34. The maximum atomic E-state index is 13.1. The second-order valence-corrected chi connectivity index (χ2v) is 10.5. The van der Waals surface area contributed by atoms with E-state index in [1.807, 2.05) is 43.3 Å². The number of carbonyl (C=O) groups excluding carboxylic acids is 2. The van der Waals surface area contributed by atoms with Crippen molar-refractivity contribution in [2.75, 3.05) is 24.2 Å². The summed E-state index contributed by atoms with van der Waals surface area (Å²) in [5.74, 6) is -0.463. The van der Waals surface area contributed by atoms with Gasteiger partial charge in [0.2, 0.25) is 21.8 Å². The first kappa shape index (κ1) is 25.9. The first-order valence-electron chi connectivity index (χ1n) is 10.3. The number of likely N-dealkylation sites (N-methyl/N-ethyl adjacent to an activating group) is 1. The number of aryl methyl sites for hydroxylation is 1. The fraction of sp³-hybridized carbons (Fsp3) is 0.391. The average molecular weight is 524 g/mol. The second kappa shape index (κ2) is 11.5. The highest BCUT2D eigenvalue weighted by Crippen LogP contribution is 2.23. The Bertz CT molecular complexity index is 1040. The van der Waals surface area contributed by atoms with Crippen molar-refractivity contribution in [3.05, 3.63) is 64.1 Å². The number of rotatable bonds is 10. The molecule has 0 fully saturated rings. The molecule has 0 saturated carbocycles. The summed E-state index contributed by atoms with van der Waals surface area (Å²) in [6, 6.07) is 14.1. The SMILES string of the molecule is CNC(=O)[C@@H](C)N(Cc1ccc(Br)cc1)C(=O)CCCN(c1ccccc1C)S(C)(=O)=O. The molecule has 0 aromatic heterocycles. The van der Waals surface area contributed by atoms with E-state index in [0.29, 0.717) is 12.1 Å². The molecule has 0 saturated heterocycles. The highest BCUT2D eigenvalue weighted by atomic mass is 79.9. The number of benzene rings is 2. The molecular weight excluding hydrogens is 494 g/mol. The molecule has 174 valence electrons. The molecule has 32 heavy (non-hydrogen) atoms. The van der Waals surface area contributed by atoms with Gasteiger partial charge >= 0.3 is 0 Å². The van der Waals surface area contributed by atoms with Crippen molar-refractivity contribution in [2.45, 2.75) is 39.3 Å². The number of hydrogen-bond donors (Lipinski definition) is 1. The molecule has 0 aliphatic heterocycles. The van der Waals surface area contributed by atoms with Gasteiger partial charge in [-0.25, -0.2) is 8.42 Å². The van der Waals surface area contributed by atoms with Gasteiger partial charge in [0.15, 0.2) is 0 Å². The molecule has 0 unspecified atom stereocenters. The van der Waals surface area contributed by atoms with Crippen LogP contribution in [0.15, 0.2) is 53.0 Å². The van der Waals surface area contributed by atoms with Gasteiger partial charge in [0.25, 0.3) is 0 Å². The van der Waals surface area contributed by atoms with Gasteiger partial charge in [-0.05, 0) is 49.6 Å². The van der Waals surface area contributed by atoms with Gasteiger partial charge in [-0.3, -0.25) is 13.9 Å². The minimum atomic E-state index is -3.51. The number of anilines is 1. The molecule has 7 nitrogen and oxygen atoms in total. The Balaban J connectivity index is 2.14. The third-order valence-corrected chi connectivity index (χ3v) is 6.92. The fourth-order valence-corrected chi connectivity index (χ4v) is 4.69. The third kappa shape index (κ3) is 7.06. The molecule has 2 aromatic rings. The van der Waals surface area contributed by atoms with Crippen LogP contribution in [0.2, 0.25) is 0 Å². The largest absolute Gasteiger partial charge is 0.357 e. The molecule has 2 amide bonds. The van der Waals surface area contributed by atoms with E-state index in [-0.39, 0.29) is 31.3 Å². The highest BCUT2D eigenvalue weighted by molar-refractivity contribution is 9.10. The van der Waals surface area contributed by atoms with E-state index in [1.165, 1.54) is 16.3 Å². The molecule has 9 heteroatoms. The van der Waals surface area contributed by atoms with E-state index in [4.69, 9.17) is 0 Å². The Morgan fingerprint density at radius 1 is 1.09 bits per heavy atom. The molecule has 2 rings (SSSR count). The topological polar surface area (TPSA) is 86.8 Å². The zero-order valence-electron chi connectivity index (χ0n) is 18.8. The van der Waals surface area contributed by atoms with Crippen LogP contribution in [-0.4, -0.2) is 51.0 Å². The van der Waals surface area contributed by atoms with Crippen LogP contribution in [0.4, 0.5) is 5.69 Å². The Hall–Kier alpha value is -2.39. The second-order valence-electron chi connectivity index (χ2n) is 7.66. The first-order valence-corrected chi connectivity index (χ1v) is 13.0. The molecule has 0 bridgehead atoms. The van der Waals surface area contributed by atoms with Gasteiger partial charge in [0.1, 0.15) is 6.04 Å². The number of carbonyl (C=O) groups is 2. The van der Waals surface area contributed by atoms with E-state index in [0.717, 1.165) is 21.9 Å². The van der Waals surface area contributed by atoms with Crippen molar-refractivity contribution in [1.82, 2.24) is 10.2 Å². The normalized spacial score (nSPS) is 12.2. The summed E-state index contributed by atoms with van der Waals surface area (Å²) >= 11 is 3.39. The highest BCUT2D eigenvalue weighted by Gasteiger charge is 2.26. The van der Waals surface area contributed by atoms with Crippen molar-refractivity contribution >= 4 is 43.5 Å².